The average Bonchev–Trinajstić information content (AvgIpc) is 3.17. The molecule has 1 unspecified atom stereocenters. The molecule has 148 valence electrons. The summed E-state index contributed by atoms with van der Waals surface area (Å²) in [6, 6.07) is 15.9. The highest BCUT2D eigenvalue weighted by Crippen LogP contribution is 2.29. The molecule has 1 aliphatic carbocycles. The minimum Gasteiger partial charge on any atom is -0.349 e. The summed E-state index contributed by atoms with van der Waals surface area (Å²) >= 11 is 6.15. The molecule has 0 saturated heterocycles. The minimum absolute atomic E-state index is 0.110. The summed E-state index contributed by atoms with van der Waals surface area (Å²) in [5.74, 6) is -0.415. The fourth-order valence-electron chi connectivity index (χ4n) is 3.78. The molecule has 0 radical (unpaired) electrons. The predicted molar refractivity (Wildman–Crippen MR) is 111 cm³/mol. The molecule has 1 aliphatic rings. The number of halogens is 1. The van der Waals surface area contributed by atoms with Gasteiger partial charge in [-0.05, 0) is 30.5 Å². The highest BCUT2D eigenvalue weighted by molar-refractivity contribution is 6.33. The zero-order valence-corrected chi connectivity index (χ0v) is 16.5. The molecule has 6 heteroatoms. The zero-order chi connectivity index (χ0) is 20.0. The smallest absolute Gasteiger partial charge is 0.253 e. The Balaban J connectivity index is 1.75. The summed E-state index contributed by atoms with van der Waals surface area (Å²) in [6.07, 6.45) is 4.09. The van der Waals surface area contributed by atoms with Gasteiger partial charge in [-0.15, -0.1) is 0 Å². The minimum atomic E-state index is -0.457. The monoisotopic (exact) mass is 399 g/mol. The standard InChI is InChI=1S/C22H26ClN3O2/c23-18-11-5-4-10-17(18)21(28)25-19(16-8-2-1-3-9-16)14-20(27)26-22(15-24)12-6-7-13-22/h1-5,8-11,19H,6-7,12-15,24H2,(H,25,28)(H,26,27). The topological polar surface area (TPSA) is 84.2 Å². The van der Waals surface area contributed by atoms with E-state index in [0.29, 0.717) is 17.1 Å². The number of hydrogen-bond acceptors (Lipinski definition) is 3. The van der Waals surface area contributed by atoms with E-state index in [-0.39, 0.29) is 23.8 Å². The Morgan fingerprint density at radius 2 is 1.68 bits per heavy atom. The van der Waals surface area contributed by atoms with Crippen molar-refractivity contribution in [1.82, 2.24) is 10.6 Å². The van der Waals surface area contributed by atoms with Crippen molar-refractivity contribution in [3.8, 4) is 0 Å². The maximum absolute atomic E-state index is 12.8. The van der Waals surface area contributed by atoms with Crippen LogP contribution in [0.15, 0.2) is 54.6 Å². The predicted octanol–water partition coefficient (Wildman–Crippen LogP) is 3.59. The van der Waals surface area contributed by atoms with Gasteiger partial charge < -0.3 is 16.4 Å². The van der Waals surface area contributed by atoms with Gasteiger partial charge in [0.15, 0.2) is 0 Å². The SMILES string of the molecule is NCC1(NC(=O)CC(NC(=O)c2ccccc2Cl)c2ccccc2)CCCC1. The first kappa shape index (κ1) is 20.4. The quantitative estimate of drug-likeness (QED) is 0.665. The molecule has 5 nitrogen and oxygen atoms in total. The van der Waals surface area contributed by atoms with Crippen molar-refractivity contribution in [1.29, 1.82) is 0 Å². The Bertz CT molecular complexity index is 820. The van der Waals surface area contributed by atoms with Crippen molar-refractivity contribution in [3.63, 3.8) is 0 Å². The third kappa shape index (κ3) is 4.91. The number of carbonyl (C=O) groups is 2. The van der Waals surface area contributed by atoms with E-state index >= 15 is 0 Å². The molecule has 0 aliphatic heterocycles. The lowest BCUT2D eigenvalue weighted by molar-refractivity contribution is -0.123. The lowest BCUT2D eigenvalue weighted by Gasteiger charge is -2.30. The Labute approximate surface area is 170 Å². The Morgan fingerprint density at radius 3 is 2.32 bits per heavy atom. The number of amides is 2. The van der Waals surface area contributed by atoms with Crippen molar-refractivity contribution >= 4 is 23.4 Å². The maximum Gasteiger partial charge on any atom is 0.253 e. The van der Waals surface area contributed by atoms with Crippen molar-refractivity contribution in [2.75, 3.05) is 6.54 Å². The van der Waals surface area contributed by atoms with Crippen LogP contribution < -0.4 is 16.4 Å². The molecule has 28 heavy (non-hydrogen) atoms. The number of benzene rings is 2. The highest BCUT2D eigenvalue weighted by Gasteiger charge is 2.34. The van der Waals surface area contributed by atoms with Gasteiger partial charge in [0.2, 0.25) is 5.91 Å². The van der Waals surface area contributed by atoms with Crippen molar-refractivity contribution in [2.45, 2.75) is 43.7 Å². The van der Waals surface area contributed by atoms with Crippen LogP contribution in [0, 0.1) is 0 Å². The molecule has 3 rings (SSSR count). The van der Waals surface area contributed by atoms with Crippen molar-refractivity contribution in [2.24, 2.45) is 5.73 Å². The van der Waals surface area contributed by atoms with Crippen molar-refractivity contribution in [3.05, 3.63) is 70.7 Å². The van der Waals surface area contributed by atoms with Crippen LogP contribution in [0.3, 0.4) is 0 Å². The van der Waals surface area contributed by atoms with Crippen LogP contribution in [0.5, 0.6) is 0 Å². The van der Waals surface area contributed by atoms with Crippen LogP contribution in [0.25, 0.3) is 0 Å². The summed E-state index contributed by atoms with van der Waals surface area (Å²) in [4.78, 5) is 25.5. The number of rotatable bonds is 7. The summed E-state index contributed by atoms with van der Waals surface area (Å²) in [7, 11) is 0. The Morgan fingerprint density at radius 1 is 1.04 bits per heavy atom. The summed E-state index contributed by atoms with van der Waals surface area (Å²) < 4.78 is 0. The first-order valence-corrected chi connectivity index (χ1v) is 10.0. The molecular weight excluding hydrogens is 374 g/mol. The molecule has 2 amide bonds. The van der Waals surface area contributed by atoms with Crippen LogP contribution in [0.2, 0.25) is 5.02 Å². The number of nitrogens with one attached hydrogen (secondary N) is 2. The van der Waals surface area contributed by atoms with E-state index in [1.807, 2.05) is 30.3 Å². The highest BCUT2D eigenvalue weighted by atomic mass is 35.5. The molecule has 0 bridgehead atoms. The normalized spacial score (nSPS) is 16.4. The third-order valence-electron chi connectivity index (χ3n) is 5.37. The lowest BCUT2D eigenvalue weighted by Crippen LogP contribution is -2.52. The van der Waals surface area contributed by atoms with E-state index in [1.54, 1.807) is 24.3 Å². The van der Waals surface area contributed by atoms with Gasteiger partial charge in [-0.25, -0.2) is 0 Å². The second kappa shape index (κ2) is 9.22. The van der Waals surface area contributed by atoms with Crippen LogP contribution in [0.4, 0.5) is 0 Å². The van der Waals surface area contributed by atoms with Crippen molar-refractivity contribution < 1.29 is 9.59 Å². The lowest BCUT2D eigenvalue weighted by atomic mass is 9.96. The average molecular weight is 400 g/mol. The molecule has 1 fully saturated rings. The van der Waals surface area contributed by atoms with Crippen LogP contribution >= 0.6 is 11.6 Å². The van der Waals surface area contributed by atoms with E-state index in [1.165, 1.54) is 0 Å². The first-order valence-electron chi connectivity index (χ1n) is 9.64. The van der Waals surface area contributed by atoms with Gasteiger partial charge in [0, 0.05) is 6.54 Å². The molecule has 4 N–H and O–H groups in total. The van der Waals surface area contributed by atoms with Gasteiger partial charge in [0.25, 0.3) is 5.91 Å². The molecule has 2 aromatic rings. The first-order chi connectivity index (χ1) is 13.5. The molecule has 0 aromatic heterocycles. The van der Waals surface area contributed by atoms with Gasteiger partial charge in [-0.1, -0.05) is 66.9 Å². The third-order valence-corrected chi connectivity index (χ3v) is 5.70. The Kier molecular flexibility index (Phi) is 6.70. The maximum atomic E-state index is 12.8. The largest absolute Gasteiger partial charge is 0.349 e. The van der Waals surface area contributed by atoms with E-state index in [2.05, 4.69) is 10.6 Å². The number of carbonyl (C=O) groups excluding carboxylic acids is 2. The van der Waals surface area contributed by atoms with Gasteiger partial charge in [-0.2, -0.15) is 0 Å². The second-order valence-electron chi connectivity index (χ2n) is 7.36. The van der Waals surface area contributed by atoms with Crippen LogP contribution in [-0.2, 0) is 4.79 Å². The molecular formula is C22H26ClN3O2. The molecule has 1 saturated carbocycles. The second-order valence-corrected chi connectivity index (χ2v) is 7.77. The number of nitrogens with two attached hydrogens (primary N) is 1. The Hall–Kier alpha value is -2.37. The summed E-state index contributed by atoms with van der Waals surface area (Å²) in [5, 5.41) is 6.47. The van der Waals surface area contributed by atoms with Gasteiger partial charge in [0.05, 0.1) is 28.6 Å². The van der Waals surface area contributed by atoms with E-state index in [9.17, 15) is 9.59 Å². The fourth-order valence-corrected chi connectivity index (χ4v) is 4.00. The molecule has 1 atom stereocenters. The van der Waals surface area contributed by atoms with Crippen LogP contribution in [0.1, 0.15) is 54.1 Å². The molecule has 0 spiro atoms. The fraction of sp³-hybridized carbons (Fsp3) is 0.364. The number of hydrogen-bond donors (Lipinski definition) is 3. The van der Waals surface area contributed by atoms with Gasteiger partial charge in [0.1, 0.15) is 0 Å². The van der Waals surface area contributed by atoms with E-state index in [4.69, 9.17) is 17.3 Å². The van der Waals surface area contributed by atoms with Gasteiger partial charge >= 0.3 is 0 Å². The molecule has 2 aromatic carbocycles. The van der Waals surface area contributed by atoms with E-state index < -0.39 is 6.04 Å². The zero-order valence-electron chi connectivity index (χ0n) is 15.8. The molecule has 0 heterocycles. The van der Waals surface area contributed by atoms with Gasteiger partial charge in [-0.3, -0.25) is 9.59 Å². The summed E-state index contributed by atoms with van der Waals surface area (Å²) in [5.41, 5.74) is 6.87. The van der Waals surface area contributed by atoms with E-state index in [0.717, 1.165) is 31.2 Å². The van der Waals surface area contributed by atoms with Crippen LogP contribution in [-0.4, -0.2) is 23.9 Å². The summed E-state index contributed by atoms with van der Waals surface area (Å²) in [6.45, 7) is 0.431.